The van der Waals surface area contributed by atoms with Gasteiger partial charge in [-0.3, -0.25) is 4.79 Å². The molecule has 5 rings (SSSR count). The number of methoxy groups -OCH3 is 1. The number of rotatable bonds is 8. The van der Waals surface area contributed by atoms with Crippen LogP contribution in [-0.4, -0.2) is 69.0 Å². The first kappa shape index (κ1) is 26.4. The molecule has 1 fully saturated rings. The summed E-state index contributed by atoms with van der Waals surface area (Å²) in [6, 6.07) is 11.7. The van der Waals surface area contributed by atoms with Crippen LogP contribution in [0.4, 0.5) is 11.6 Å². The molecule has 3 N–H and O–H groups in total. The number of carbonyl (C=O) groups excluding carboxylic acids is 1. The van der Waals surface area contributed by atoms with Crippen LogP contribution >= 0.6 is 0 Å². The van der Waals surface area contributed by atoms with Crippen LogP contribution in [0.5, 0.6) is 11.6 Å². The quantitative estimate of drug-likeness (QED) is 0.298. The molecular formula is C27H29N5O6S. The van der Waals surface area contributed by atoms with Gasteiger partial charge in [-0.05, 0) is 35.9 Å². The number of anilines is 2. The molecule has 12 heteroatoms. The van der Waals surface area contributed by atoms with Crippen molar-refractivity contribution < 1.29 is 27.4 Å². The van der Waals surface area contributed by atoms with Gasteiger partial charge in [-0.2, -0.15) is 9.97 Å². The molecule has 0 bridgehead atoms. The Labute approximate surface area is 225 Å². The van der Waals surface area contributed by atoms with Crippen molar-refractivity contribution in [2.24, 2.45) is 0 Å². The molecule has 0 unspecified atom stereocenters. The van der Waals surface area contributed by atoms with E-state index in [0.29, 0.717) is 65.5 Å². The first-order valence-corrected chi connectivity index (χ1v) is 14.3. The van der Waals surface area contributed by atoms with Crippen molar-refractivity contribution in [1.29, 1.82) is 0 Å². The van der Waals surface area contributed by atoms with Gasteiger partial charge in [0.15, 0.2) is 9.84 Å². The van der Waals surface area contributed by atoms with Crippen LogP contribution in [0.15, 0.2) is 53.6 Å². The van der Waals surface area contributed by atoms with Crippen molar-refractivity contribution >= 4 is 38.4 Å². The largest absolute Gasteiger partial charge is 0.495 e. The second kappa shape index (κ2) is 10.9. The lowest BCUT2D eigenvalue weighted by atomic mass is 10.1. The van der Waals surface area contributed by atoms with E-state index < -0.39 is 9.84 Å². The number of aromatic nitrogens is 3. The van der Waals surface area contributed by atoms with Crippen LogP contribution in [0, 0.1) is 0 Å². The molecule has 2 aromatic carbocycles. The molecule has 0 spiro atoms. The predicted octanol–water partition coefficient (Wildman–Crippen LogP) is 3.70. The number of sulfone groups is 1. The van der Waals surface area contributed by atoms with E-state index in [4.69, 9.17) is 19.2 Å². The molecule has 1 amide bonds. The Kier molecular flexibility index (Phi) is 7.40. The molecule has 0 aliphatic carbocycles. The van der Waals surface area contributed by atoms with E-state index in [1.54, 1.807) is 49.6 Å². The number of carbonyl (C=O) groups is 1. The third kappa shape index (κ3) is 5.66. The average molecular weight is 552 g/mol. The van der Waals surface area contributed by atoms with Crippen LogP contribution in [0.3, 0.4) is 0 Å². The average Bonchev–Trinajstić information content (AvgIpc) is 3.37. The Bertz CT molecular complexity index is 1630. The van der Waals surface area contributed by atoms with Gasteiger partial charge in [-0.15, -0.1) is 0 Å². The van der Waals surface area contributed by atoms with Gasteiger partial charge in [0.2, 0.25) is 11.8 Å². The Morgan fingerprint density at radius 3 is 2.64 bits per heavy atom. The number of ether oxygens (including phenoxy) is 3. The van der Waals surface area contributed by atoms with Gasteiger partial charge in [-0.1, -0.05) is 12.1 Å². The van der Waals surface area contributed by atoms with E-state index >= 15 is 0 Å². The van der Waals surface area contributed by atoms with Crippen LogP contribution < -0.4 is 20.1 Å². The maximum Gasteiger partial charge on any atom is 0.251 e. The third-order valence-corrected chi connectivity index (χ3v) is 7.57. The number of fused-ring (bicyclic) bond motifs is 1. The zero-order chi connectivity index (χ0) is 27.6. The summed E-state index contributed by atoms with van der Waals surface area (Å²) < 4.78 is 41.7. The number of amides is 1. The van der Waals surface area contributed by atoms with Gasteiger partial charge in [0.1, 0.15) is 17.5 Å². The number of benzene rings is 2. The van der Waals surface area contributed by atoms with Crippen LogP contribution in [-0.2, 0) is 14.6 Å². The summed E-state index contributed by atoms with van der Waals surface area (Å²) in [6.07, 6.45) is 4.27. The molecule has 0 radical (unpaired) electrons. The summed E-state index contributed by atoms with van der Waals surface area (Å²) in [5.74, 6) is 0.824. The Morgan fingerprint density at radius 1 is 1.13 bits per heavy atom. The predicted molar refractivity (Wildman–Crippen MR) is 147 cm³/mol. The maximum atomic E-state index is 12.2. The Morgan fingerprint density at radius 2 is 1.92 bits per heavy atom. The zero-order valence-corrected chi connectivity index (χ0v) is 22.6. The second-order valence-corrected chi connectivity index (χ2v) is 11.1. The van der Waals surface area contributed by atoms with Crippen molar-refractivity contribution in [2.45, 2.75) is 23.8 Å². The number of H-pyrrole nitrogens is 1. The lowest BCUT2D eigenvalue weighted by Crippen LogP contribution is -2.26. The summed E-state index contributed by atoms with van der Waals surface area (Å²) in [4.78, 5) is 24.8. The minimum atomic E-state index is -3.39. The summed E-state index contributed by atoms with van der Waals surface area (Å²) in [7, 11) is -0.319. The topological polar surface area (TPSA) is 145 Å². The molecule has 0 saturated carbocycles. The number of nitrogens with zero attached hydrogens (tertiary/aromatic N) is 2. The van der Waals surface area contributed by atoms with Crippen molar-refractivity contribution in [3.63, 3.8) is 0 Å². The van der Waals surface area contributed by atoms with Gasteiger partial charge in [-0.25, -0.2) is 8.42 Å². The summed E-state index contributed by atoms with van der Waals surface area (Å²) in [6.45, 7) is 1.19. The first-order valence-electron chi connectivity index (χ1n) is 12.4. The van der Waals surface area contributed by atoms with E-state index in [1.807, 2.05) is 6.07 Å². The molecule has 204 valence electrons. The van der Waals surface area contributed by atoms with Crippen LogP contribution in [0.25, 0.3) is 22.2 Å². The summed E-state index contributed by atoms with van der Waals surface area (Å²) >= 11 is 0. The Balaban J connectivity index is 1.58. The van der Waals surface area contributed by atoms with Gasteiger partial charge in [0.05, 0.1) is 36.3 Å². The molecule has 1 aliphatic heterocycles. The highest BCUT2D eigenvalue weighted by molar-refractivity contribution is 7.90. The van der Waals surface area contributed by atoms with Crippen LogP contribution in [0.1, 0.15) is 23.2 Å². The number of nitrogens with one attached hydrogen (secondary N) is 3. The molecule has 1 aliphatic rings. The van der Waals surface area contributed by atoms with E-state index in [-0.39, 0.29) is 22.9 Å². The lowest BCUT2D eigenvalue weighted by molar-refractivity contribution is 0.0244. The minimum absolute atomic E-state index is 0.101. The zero-order valence-electron chi connectivity index (χ0n) is 21.8. The van der Waals surface area contributed by atoms with E-state index in [1.165, 1.54) is 13.4 Å². The number of hydrogen-bond acceptors (Lipinski definition) is 9. The normalized spacial score (nSPS) is 14.2. The number of hydrogen-bond donors (Lipinski definition) is 3. The first-order chi connectivity index (χ1) is 18.8. The molecular weight excluding hydrogens is 522 g/mol. The summed E-state index contributed by atoms with van der Waals surface area (Å²) in [5.41, 5.74) is 2.93. The maximum absolute atomic E-state index is 12.2. The van der Waals surface area contributed by atoms with Crippen molar-refractivity contribution in [1.82, 2.24) is 20.3 Å². The third-order valence-electron chi connectivity index (χ3n) is 6.46. The van der Waals surface area contributed by atoms with E-state index in [9.17, 15) is 13.2 Å². The van der Waals surface area contributed by atoms with Crippen molar-refractivity contribution in [3.05, 3.63) is 54.2 Å². The highest BCUT2D eigenvalue weighted by Crippen LogP contribution is 2.37. The molecule has 0 atom stereocenters. The van der Waals surface area contributed by atoms with E-state index in [0.717, 1.165) is 5.56 Å². The molecule has 11 nitrogen and oxygen atoms in total. The highest BCUT2D eigenvalue weighted by atomic mass is 32.2. The second-order valence-electron chi connectivity index (χ2n) is 9.13. The molecule has 4 aromatic rings. The summed E-state index contributed by atoms with van der Waals surface area (Å²) in [5, 5.41) is 6.40. The fraction of sp³-hybridized carbons (Fsp3) is 0.296. The van der Waals surface area contributed by atoms with Gasteiger partial charge >= 0.3 is 0 Å². The van der Waals surface area contributed by atoms with Gasteiger partial charge < -0.3 is 29.8 Å². The van der Waals surface area contributed by atoms with E-state index in [2.05, 4.69) is 20.6 Å². The smallest absolute Gasteiger partial charge is 0.251 e. The van der Waals surface area contributed by atoms with Crippen molar-refractivity contribution in [3.8, 4) is 22.8 Å². The van der Waals surface area contributed by atoms with Crippen LogP contribution in [0.2, 0.25) is 0 Å². The molecule has 39 heavy (non-hydrogen) atoms. The SMILES string of the molecule is CNC(=O)c1ccc(Nc2nc(OC3CCOCC3)c3c(-c4cccc(S(C)(=O)=O)c4)c[nH]c3n2)c(OC)c1. The van der Waals surface area contributed by atoms with Crippen molar-refractivity contribution in [2.75, 3.05) is 38.9 Å². The fourth-order valence-corrected chi connectivity index (χ4v) is 5.08. The number of aromatic amines is 1. The monoisotopic (exact) mass is 551 g/mol. The lowest BCUT2D eigenvalue weighted by Gasteiger charge is -2.23. The minimum Gasteiger partial charge on any atom is -0.495 e. The standard InChI is InChI=1S/C27H29N5O6S/c1-28-25(33)17-7-8-21(22(14-17)36-2)30-27-31-24-23(26(32-27)38-18-9-11-37-12-10-18)20(15-29-24)16-5-4-6-19(13-16)39(3,34)35/h4-8,13-15,18H,9-12H2,1-3H3,(H,28,33)(H2,29,30,31,32). The molecule has 1 saturated heterocycles. The van der Waals surface area contributed by atoms with Gasteiger partial charge in [0, 0.05) is 43.5 Å². The fourth-order valence-electron chi connectivity index (χ4n) is 4.42. The van der Waals surface area contributed by atoms with Gasteiger partial charge in [0.25, 0.3) is 5.91 Å². The Hall–Kier alpha value is -4.16. The highest BCUT2D eigenvalue weighted by Gasteiger charge is 2.23. The molecule has 2 aromatic heterocycles. The molecule has 3 heterocycles.